The van der Waals surface area contributed by atoms with Crippen molar-refractivity contribution in [3.05, 3.63) is 47.9 Å². The first-order chi connectivity index (χ1) is 9.48. The van der Waals surface area contributed by atoms with Crippen molar-refractivity contribution in [3.8, 4) is 11.1 Å². The Labute approximate surface area is 112 Å². The maximum atomic E-state index is 13.0. The Kier molecular flexibility index (Phi) is 2.74. The Bertz CT molecular complexity index is 761. The third kappa shape index (κ3) is 1.93. The number of nitrogens with zero attached hydrogens (tertiary/aromatic N) is 2. The minimum atomic E-state index is -4.42. The van der Waals surface area contributed by atoms with Gasteiger partial charge in [-0.3, -0.25) is 10.1 Å². The van der Waals surface area contributed by atoms with E-state index >= 15 is 0 Å². The molecule has 0 bridgehead atoms. The lowest BCUT2D eigenvalue weighted by Crippen LogP contribution is -2.07. The highest BCUT2D eigenvalue weighted by Gasteiger charge is 2.33. The number of aromatic amines is 1. The van der Waals surface area contributed by atoms with E-state index in [-0.39, 0.29) is 5.52 Å². The van der Waals surface area contributed by atoms with Crippen molar-refractivity contribution >= 4 is 10.9 Å². The number of alkyl halides is 3. The highest BCUT2D eigenvalue weighted by atomic mass is 19.4. The van der Waals surface area contributed by atoms with Gasteiger partial charge in [-0.2, -0.15) is 18.3 Å². The van der Waals surface area contributed by atoms with Crippen LogP contribution in [0.15, 0.2) is 36.8 Å². The van der Waals surface area contributed by atoms with Gasteiger partial charge in [0, 0.05) is 23.3 Å². The summed E-state index contributed by atoms with van der Waals surface area (Å²) < 4.78 is 39.1. The Morgan fingerprint density at radius 3 is 2.60 bits per heavy atom. The Morgan fingerprint density at radius 2 is 1.95 bits per heavy atom. The molecule has 0 aliphatic rings. The first kappa shape index (κ1) is 12.7. The zero-order valence-electron chi connectivity index (χ0n) is 10.5. The molecule has 102 valence electrons. The van der Waals surface area contributed by atoms with E-state index in [1.54, 1.807) is 18.5 Å². The lowest BCUT2D eigenvalue weighted by Gasteiger charge is -2.13. The first-order valence-corrected chi connectivity index (χ1v) is 5.93. The molecule has 3 rings (SSSR count). The molecule has 6 heteroatoms. The van der Waals surface area contributed by atoms with Crippen LogP contribution in [-0.4, -0.2) is 15.2 Å². The van der Waals surface area contributed by atoms with Crippen LogP contribution in [0.25, 0.3) is 22.0 Å². The molecule has 0 spiro atoms. The molecule has 3 nitrogen and oxygen atoms in total. The van der Waals surface area contributed by atoms with Crippen LogP contribution in [0.2, 0.25) is 0 Å². The zero-order chi connectivity index (χ0) is 14.3. The van der Waals surface area contributed by atoms with Gasteiger partial charge in [-0.05, 0) is 24.1 Å². The van der Waals surface area contributed by atoms with Gasteiger partial charge in [-0.1, -0.05) is 12.1 Å². The van der Waals surface area contributed by atoms with Gasteiger partial charge in [0.05, 0.1) is 17.3 Å². The van der Waals surface area contributed by atoms with Gasteiger partial charge in [-0.15, -0.1) is 0 Å². The fourth-order valence-electron chi connectivity index (χ4n) is 2.32. The van der Waals surface area contributed by atoms with E-state index in [4.69, 9.17) is 0 Å². The van der Waals surface area contributed by atoms with Gasteiger partial charge >= 0.3 is 6.18 Å². The van der Waals surface area contributed by atoms with E-state index < -0.39 is 11.7 Å². The predicted molar refractivity (Wildman–Crippen MR) is 69.1 cm³/mol. The summed E-state index contributed by atoms with van der Waals surface area (Å²) >= 11 is 0. The summed E-state index contributed by atoms with van der Waals surface area (Å²) in [6, 6.07) is 4.09. The van der Waals surface area contributed by atoms with Crippen LogP contribution in [0.4, 0.5) is 13.2 Å². The van der Waals surface area contributed by atoms with Gasteiger partial charge in [0.1, 0.15) is 0 Å². The summed E-state index contributed by atoms with van der Waals surface area (Å²) in [6.07, 6.45) is 0.277. The third-order valence-electron chi connectivity index (χ3n) is 3.18. The minimum Gasteiger partial charge on any atom is -0.285 e. The number of fused-ring (bicyclic) bond motifs is 1. The van der Waals surface area contributed by atoms with Crippen molar-refractivity contribution in [1.29, 1.82) is 0 Å². The Balaban J connectivity index is 2.40. The quantitative estimate of drug-likeness (QED) is 0.731. The number of hydrogen-bond donors (Lipinski definition) is 1. The summed E-state index contributed by atoms with van der Waals surface area (Å²) in [4.78, 5) is 3.97. The van der Waals surface area contributed by atoms with Crippen LogP contribution in [0.5, 0.6) is 0 Å². The molecule has 0 aliphatic carbocycles. The first-order valence-electron chi connectivity index (χ1n) is 5.93. The van der Waals surface area contributed by atoms with E-state index in [1.807, 2.05) is 6.92 Å². The molecule has 0 amide bonds. The highest BCUT2D eigenvalue weighted by molar-refractivity contribution is 5.97. The molecule has 2 heterocycles. The molecule has 3 aromatic rings. The van der Waals surface area contributed by atoms with E-state index in [0.29, 0.717) is 5.39 Å². The number of nitrogens with one attached hydrogen (secondary N) is 1. The fraction of sp³-hybridized carbons (Fsp3) is 0.143. The maximum Gasteiger partial charge on any atom is 0.418 e. The van der Waals surface area contributed by atoms with Crippen LogP contribution >= 0.6 is 0 Å². The Hall–Kier alpha value is -2.37. The predicted octanol–water partition coefficient (Wildman–Crippen LogP) is 3.95. The van der Waals surface area contributed by atoms with Crippen LogP contribution in [0.1, 0.15) is 11.1 Å². The van der Waals surface area contributed by atoms with Crippen molar-refractivity contribution in [1.82, 2.24) is 15.2 Å². The molecule has 20 heavy (non-hydrogen) atoms. The normalized spacial score (nSPS) is 12.0. The summed E-state index contributed by atoms with van der Waals surface area (Å²) in [5.41, 5.74) is 1.50. The Morgan fingerprint density at radius 1 is 1.15 bits per heavy atom. The third-order valence-corrected chi connectivity index (χ3v) is 3.18. The largest absolute Gasteiger partial charge is 0.418 e. The maximum absolute atomic E-state index is 13.0. The number of para-hydroxylation sites is 1. The second-order valence-corrected chi connectivity index (χ2v) is 4.50. The molecule has 0 aliphatic heterocycles. The smallest absolute Gasteiger partial charge is 0.285 e. The zero-order valence-corrected chi connectivity index (χ0v) is 10.5. The van der Waals surface area contributed by atoms with Gasteiger partial charge in [-0.25, -0.2) is 0 Å². The molecular weight excluding hydrogens is 267 g/mol. The summed E-state index contributed by atoms with van der Waals surface area (Å²) in [6.45, 7) is 1.81. The number of hydrogen-bond acceptors (Lipinski definition) is 2. The lowest BCUT2D eigenvalue weighted by atomic mass is 9.97. The lowest BCUT2D eigenvalue weighted by molar-refractivity contribution is -0.136. The van der Waals surface area contributed by atoms with E-state index in [9.17, 15) is 13.2 Å². The number of H-pyrrole nitrogens is 1. The molecule has 0 radical (unpaired) electrons. The van der Waals surface area contributed by atoms with Gasteiger partial charge in [0.2, 0.25) is 0 Å². The van der Waals surface area contributed by atoms with Gasteiger partial charge in [0.15, 0.2) is 0 Å². The monoisotopic (exact) mass is 277 g/mol. The molecule has 0 saturated heterocycles. The molecule has 1 N–H and O–H groups in total. The van der Waals surface area contributed by atoms with Crippen LogP contribution in [0.3, 0.4) is 0 Å². The van der Waals surface area contributed by atoms with Crippen molar-refractivity contribution in [2.24, 2.45) is 0 Å². The SMILES string of the molecule is Cc1cnc2c(C(F)(F)F)cccc2c1-c1cn[nH]c1. The van der Waals surface area contributed by atoms with Crippen LogP contribution in [0, 0.1) is 6.92 Å². The second-order valence-electron chi connectivity index (χ2n) is 4.50. The topological polar surface area (TPSA) is 41.6 Å². The highest BCUT2D eigenvalue weighted by Crippen LogP contribution is 2.37. The minimum absolute atomic E-state index is 0.0400. The van der Waals surface area contributed by atoms with Crippen molar-refractivity contribution in [2.45, 2.75) is 13.1 Å². The van der Waals surface area contributed by atoms with E-state index in [1.165, 1.54) is 12.3 Å². The molecular formula is C14H10F3N3. The average molecular weight is 277 g/mol. The van der Waals surface area contributed by atoms with E-state index in [0.717, 1.165) is 22.8 Å². The number of benzene rings is 1. The molecule has 1 aromatic carbocycles. The van der Waals surface area contributed by atoms with E-state index in [2.05, 4.69) is 15.2 Å². The fourth-order valence-corrected chi connectivity index (χ4v) is 2.32. The van der Waals surface area contributed by atoms with Crippen molar-refractivity contribution in [3.63, 3.8) is 0 Å². The summed E-state index contributed by atoms with van der Waals surface area (Å²) in [5.74, 6) is 0. The average Bonchev–Trinajstić information content (AvgIpc) is 2.90. The molecule has 0 fully saturated rings. The van der Waals surface area contributed by atoms with Crippen molar-refractivity contribution < 1.29 is 13.2 Å². The van der Waals surface area contributed by atoms with Crippen LogP contribution < -0.4 is 0 Å². The van der Waals surface area contributed by atoms with Gasteiger partial charge < -0.3 is 0 Å². The number of pyridine rings is 1. The molecule has 0 unspecified atom stereocenters. The standard InChI is InChI=1S/C14H10F3N3/c1-8-5-18-13-10(12(8)9-6-19-20-7-9)3-2-4-11(13)14(15,16)17/h2-7H,1H3,(H,19,20). The summed E-state index contributed by atoms with van der Waals surface area (Å²) in [7, 11) is 0. The number of rotatable bonds is 1. The molecule has 0 atom stereocenters. The molecule has 0 saturated carbocycles. The van der Waals surface area contributed by atoms with Gasteiger partial charge in [0.25, 0.3) is 0 Å². The number of halogens is 3. The number of aromatic nitrogens is 3. The van der Waals surface area contributed by atoms with Crippen molar-refractivity contribution in [2.75, 3.05) is 0 Å². The molecule has 2 aromatic heterocycles. The number of aryl methyl sites for hydroxylation is 1. The van der Waals surface area contributed by atoms with Crippen LogP contribution in [-0.2, 0) is 6.18 Å². The second kappa shape index (κ2) is 4.33. The summed E-state index contributed by atoms with van der Waals surface area (Å²) in [5, 5.41) is 7.00.